The van der Waals surface area contributed by atoms with Crippen LogP contribution in [-0.4, -0.2) is 68.2 Å². The maximum absolute atomic E-state index is 13.2. The van der Waals surface area contributed by atoms with Crippen LogP contribution in [0.25, 0.3) is 5.52 Å². The van der Waals surface area contributed by atoms with Crippen molar-refractivity contribution in [3.8, 4) is 0 Å². The summed E-state index contributed by atoms with van der Waals surface area (Å²) in [7, 11) is 1.53. The first kappa shape index (κ1) is 25.3. The van der Waals surface area contributed by atoms with Crippen molar-refractivity contribution in [2.75, 3.05) is 29.9 Å². The van der Waals surface area contributed by atoms with Crippen LogP contribution in [0.15, 0.2) is 30.5 Å². The second-order valence-electron chi connectivity index (χ2n) is 8.52. The lowest BCUT2D eigenvalue weighted by Gasteiger charge is -2.31. The predicted octanol–water partition coefficient (Wildman–Crippen LogP) is 2.69. The number of carbonyl (C=O) groups is 2. The van der Waals surface area contributed by atoms with Crippen molar-refractivity contribution in [3.05, 3.63) is 41.9 Å². The molecule has 2 fully saturated rings. The van der Waals surface area contributed by atoms with Gasteiger partial charge in [0.15, 0.2) is 5.69 Å². The number of rotatable bonds is 4. The van der Waals surface area contributed by atoms with E-state index in [0.717, 1.165) is 31.0 Å². The summed E-state index contributed by atoms with van der Waals surface area (Å²) in [6.45, 7) is 2.83. The summed E-state index contributed by atoms with van der Waals surface area (Å²) in [5, 5.41) is 21.6. The third-order valence-electron chi connectivity index (χ3n) is 5.83. The molecule has 3 aromatic heterocycles. The molecular formula is C21H22F5N7O3. The molecular weight excluding hydrogens is 493 g/mol. The van der Waals surface area contributed by atoms with Crippen LogP contribution in [0.2, 0.25) is 0 Å². The van der Waals surface area contributed by atoms with Gasteiger partial charge in [0, 0.05) is 38.9 Å². The SMILES string of the molecule is Cn1cc(NC(=O)c2ccc3ccc(N4CC5CNC(C5)C4)nn23)c(C(F)F)n1.O=C(O)C(F)(F)F. The second-order valence-corrected chi connectivity index (χ2v) is 8.52. The first-order chi connectivity index (χ1) is 16.9. The zero-order chi connectivity index (χ0) is 26.2. The zero-order valence-corrected chi connectivity index (χ0v) is 18.8. The minimum absolute atomic E-state index is 0.00251. The predicted molar refractivity (Wildman–Crippen MR) is 117 cm³/mol. The number of hydrogen-bond acceptors (Lipinski definition) is 6. The molecule has 36 heavy (non-hydrogen) atoms. The van der Waals surface area contributed by atoms with E-state index >= 15 is 0 Å². The number of hydrogen-bond donors (Lipinski definition) is 3. The van der Waals surface area contributed by atoms with Gasteiger partial charge in [-0.2, -0.15) is 18.3 Å². The van der Waals surface area contributed by atoms with E-state index in [1.54, 1.807) is 16.6 Å². The Hall–Kier alpha value is -3.75. The molecule has 0 saturated carbocycles. The van der Waals surface area contributed by atoms with Crippen LogP contribution >= 0.6 is 0 Å². The molecule has 10 nitrogen and oxygen atoms in total. The number of alkyl halides is 5. The largest absolute Gasteiger partial charge is 0.490 e. The average molecular weight is 515 g/mol. The number of aromatic nitrogens is 4. The molecule has 0 spiro atoms. The topological polar surface area (TPSA) is 117 Å². The Bertz CT molecular complexity index is 1260. The number of aliphatic carboxylic acids is 1. The van der Waals surface area contributed by atoms with Gasteiger partial charge in [-0.3, -0.25) is 9.48 Å². The molecule has 0 radical (unpaired) electrons. The molecule has 194 valence electrons. The van der Waals surface area contributed by atoms with Crippen molar-refractivity contribution in [3.63, 3.8) is 0 Å². The third kappa shape index (κ3) is 5.40. The number of piperidine rings is 1. The maximum atomic E-state index is 13.2. The van der Waals surface area contributed by atoms with Gasteiger partial charge >= 0.3 is 12.1 Å². The Morgan fingerprint density at radius 1 is 1.17 bits per heavy atom. The van der Waals surface area contributed by atoms with E-state index < -0.39 is 30.2 Å². The molecule has 2 unspecified atom stereocenters. The summed E-state index contributed by atoms with van der Waals surface area (Å²) < 4.78 is 60.9. The van der Waals surface area contributed by atoms with E-state index in [0.29, 0.717) is 12.0 Å². The molecule has 2 aliphatic heterocycles. The number of carbonyl (C=O) groups excluding carboxylic acids is 1. The van der Waals surface area contributed by atoms with Gasteiger partial charge in [0.2, 0.25) is 0 Å². The van der Waals surface area contributed by atoms with Crippen molar-refractivity contribution >= 4 is 28.9 Å². The van der Waals surface area contributed by atoms with Gasteiger partial charge < -0.3 is 20.6 Å². The standard InChI is InChI=1S/C19H21F2N7O.C2HF3O2/c1-26-10-14(17(25-26)18(20)21)23-19(29)15-4-2-13-3-5-16(24-28(13)15)27-8-11-6-12(9-27)22-7-11;3-2(4,5)1(6)7/h2-5,10-12,18,22H,6-9H2,1H3,(H,23,29);(H,6,7). The van der Waals surface area contributed by atoms with E-state index in [1.807, 2.05) is 12.1 Å². The molecule has 5 rings (SSSR count). The smallest absolute Gasteiger partial charge is 0.475 e. The molecule has 0 aliphatic carbocycles. The Balaban J connectivity index is 0.000000384. The van der Waals surface area contributed by atoms with Gasteiger partial charge in [0.05, 0.1) is 11.2 Å². The zero-order valence-electron chi connectivity index (χ0n) is 18.8. The third-order valence-corrected chi connectivity index (χ3v) is 5.83. The summed E-state index contributed by atoms with van der Waals surface area (Å²) in [5.74, 6) is -1.86. The van der Waals surface area contributed by atoms with Gasteiger partial charge in [0.25, 0.3) is 12.3 Å². The van der Waals surface area contributed by atoms with Crippen molar-refractivity contribution in [2.24, 2.45) is 13.0 Å². The lowest BCUT2D eigenvalue weighted by Crippen LogP contribution is -2.41. The molecule has 5 heterocycles. The molecule has 3 aromatic rings. The first-order valence-electron chi connectivity index (χ1n) is 10.8. The Labute approximate surface area is 200 Å². The number of nitrogens with zero attached hydrogens (tertiary/aromatic N) is 5. The van der Waals surface area contributed by atoms with Crippen LogP contribution in [0.3, 0.4) is 0 Å². The van der Waals surface area contributed by atoms with Crippen molar-refractivity contribution in [2.45, 2.75) is 25.1 Å². The summed E-state index contributed by atoms with van der Waals surface area (Å²) in [6, 6.07) is 7.76. The van der Waals surface area contributed by atoms with Gasteiger partial charge in [0.1, 0.15) is 11.5 Å². The highest BCUT2D eigenvalue weighted by molar-refractivity contribution is 6.04. The Morgan fingerprint density at radius 2 is 1.86 bits per heavy atom. The monoisotopic (exact) mass is 515 g/mol. The first-order valence-corrected chi connectivity index (χ1v) is 10.8. The van der Waals surface area contributed by atoms with Crippen LogP contribution in [0, 0.1) is 5.92 Å². The minimum Gasteiger partial charge on any atom is -0.475 e. The van der Waals surface area contributed by atoms with Crippen molar-refractivity contribution in [1.82, 2.24) is 24.7 Å². The molecule has 15 heteroatoms. The van der Waals surface area contributed by atoms with E-state index in [2.05, 4.69) is 25.7 Å². The summed E-state index contributed by atoms with van der Waals surface area (Å²) in [4.78, 5) is 23.9. The van der Waals surface area contributed by atoms with Crippen LogP contribution < -0.4 is 15.5 Å². The number of nitrogens with one attached hydrogen (secondary N) is 2. The lowest BCUT2D eigenvalue weighted by molar-refractivity contribution is -0.192. The Kier molecular flexibility index (Phi) is 6.84. The van der Waals surface area contributed by atoms with Crippen molar-refractivity contribution < 1.29 is 36.6 Å². The van der Waals surface area contributed by atoms with E-state index in [4.69, 9.17) is 9.90 Å². The molecule has 1 amide bonds. The number of carboxylic acid groups (broad SMARTS) is 1. The van der Waals surface area contributed by atoms with Gasteiger partial charge in [-0.1, -0.05) is 0 Å². The van der Waals surface area contributed by atoms with Gasteiger partial charge in [-0.25, -0.2) is 18.1 Å². The maximum Gasteiger partial charge on any atom is 0.490 e. The Morgan fingerprint density at radius 3 is 2.50 bits per heavy atom. The van der Waals surface area contributed by atoms with Crippen molar-refractivity contribution in [1.29, 1.82) is 0 Å². The average Bonchev–Trinajstić information content (AvgIpc) is 3.49. The van der Waals surface area contributed by atoms with Crippen LogP contribution in [0.4, 0.5) is 33.5 Å². The molecule has 0 aromatic carbocycles. The number of carboxylic acids is 1. The molecule has 3 N–H and O–H groups in total. The van der Waals surface area contributed by atoms with Crippen LogP contribution in [0.1, 0.15) is 29.0 Å². The second kappa shape index (κ2) is 9.72. The summed E-state index contributed by atoms with van der Waals surface area (Å²) in [6.07, 6.45) is -5.30. The van der Waals surface area contributed by atoms with E-state index in [9.17, 15) is 26.7 Å². The van der Waals surface area contributed by atoms with Gasteiger partial charge in [-0.05, 0) is 36.6 Å². The highest BCUT2D eigenvalue weighted by atomic mass is 19.4. The number of anilines is 2. The molecule has 2 saturated heterocycles. The minimum atomic E-state index is -5.08. The highest BCUT2D eigenvalue weighted by Crippen LogP contribution is 2.27. The summed E-state index contributed by atoms with van der Waals surface area (Å²) in [5.41, 5.74) is 0.588. The summed E-state index contributed by atoms with van der Waals surface area (Å²) >= 11 is 0. The van der Waals surface area contributed by atoms with E-state index in [1.165, 1.54) is 24.3 Å². The highest BCUT2D eigenvalue weighted by Gasteiger charge is 2.38. The quantitative estimate of drug-likeness (QED) is 0.458. The molecule has 2 aliphatic rings. The van der Waals surface area contributed by atoms with Crippen LogP contribution in [-0.2, 0) is 11.8 Å². The molecule has 2 bridgehead atoms. The number of amides is 1. The normalized spacial score (nSPS) is 19.4. The van der Waals surface area contributed by atoms with Crippen LogP contribution in [0.5, 0.6) is 0 Å². The number of halogens is 5. The molecule has 2 atom stereocenters. The van der Waals surface area contributed by atoms with E-state index in [-0.39, 0.29) is 11.4 Å². The fourth-order valence-corrected chi connectivity index (χ4v) is 4.29. The number of fused-ring (bicyclic) bond motifs is 3. The number of aryl methyl sites for hydroxylation is 1. The fourth-order valence-electron chi connectivity index (χ4n) is 4.29. The fraction of sp³-hybridized carbons (Fsp3) is 0.429. The lowest BCUT2D eigenvalue weighted by atomic mass is 10.0. The van der Waals surface area contributed by atoms with Gasteiger partial charge in [-0.15, -0.1) is 5.10 Å².